The van der Waals surface area contributed by atoms with E-state index in [1.54, 1.807) is 0 Å². The first-order chi connectivity index (χ1) is 34.5. The van der Waals surface area contributed by atoms with Gasteiger partial charge in [0.2, 0.25) is 0 Å². The van der Waals surface area contributed by atoms with Crippen molar-refractivity contribution in [3.8, 4) is 0 Å². The number of hydrogen-bond acceptors (Lipinski definition) is 6. The summed E-state index contributed by atoms with van der Waals surface area (Å²) in [5.41, 5.74) is 0. The van der Waals surface area contributed by atoms with E-state index in [0.29, 0.717) is 19.3 Å². The summed E-state index contributed by atoms with van der Waals surface area (Å²) < 4.78 is 16.9. The fourth-order valence-electron chi connectivity index (χ4n) is 8.72. The second-order valence-corrected chi connectivity index (χ2v) is 20.2. The second kappa shape index (κ2) is 58.7. The van der Waals surface area contributed by atoms with Crippen LogP contribution in [0.4, 0.5) is 0 Å². The topological polar surface area (TPSA) is 78.9 Å². The van der Waals surface area contributed by atoms with Crippen LogP contribution in [0.25, 0.3) is 0 Å². The molecule has 0 aliphatic rings. The van der Waals surface area contributed by atoms with Crippen LogP contribution in [0.1, 0.15) is 310 Å². The third-order valence-electron chi connectivity index (χ3n) is 13.3. The van der Waals surface area contributed by atoms with Gasteiger partial charge < -0.3 is 14.2 Å². The highest BCUT2D eigenvalue weighted by molar-refractivity contribution is 5.71. The predicted molar refractivity (Wildman–Crippen MR) is 302 cm³/mol. The molecule has 0 saturated heterocycles. The van der Waals surface area contributed by atoms with Gasteiger partial charge in [-0.05, 0) is 83.5 Å². The molecule has 1 unspecified atom stereocenters. The summed E-state index contributed by atoms with van der Waals surface area (Å²) >= 11 is 0. The lowest BCUT2D eigenvalue weighted by atomic mass is 10.0. The van der Waals surface area contributed by atoms with Crippen molar-refractivity contribution in [2.24, 2.45) is 0 Å². The molecular weight excluding hydrogens is 865 g/mol. The van der Waals surface area contributed by atoms with Crippen LogP contribution in [0.5, 0.6) is 0 Å². The Morgan fingerprint density at radius 3 is 0.886 bits per heavy atom. The molecule has 0 heterocycles. The standard InChI is InChI=1S/C64H114O6/c1-4-7-10-13-16-19-22-25-28-31-34-36-39-42-45-48-51-54-57-63(66)69-60-61(70-64(67)58-55-52-49-46-43-40-37-33-30-27-24-21-18-15-12-9-6-3)59-68-62(65)56-53-50-47-44-41-38-35-32-29-26-23-20-17-14-11-8-5-2/h9,12,18-19,21-22,27-28,30-31,61H,4-8,10-11,13-17,20,23-26,29,32-60H2,1-3H3/b12-9-,21-18-,22-19-,30-27-,31-28-. The molecule has 406 valence electrons. The van der Waals surface area contributed by atoms with Crippen molar-refractivity contribution < 1.29 is 28.6 Å². The van der Waals surface area contributed by atoms with Gasteiger partial charge in [0.1, 0.15) is 13.2 Å². The molecule has 0 aliphatic heterocycles. The molecule has 0 aromatic heterocycles. The minimum Gasteiger partial charge on any atom is -0.462 e. The molecule has 6 nitrogen and oxygen atoms in total. The van der Waals surface area contributed by atoms with Crippen molar-refractivity contribution in [3.05, 3.63) is 60.8 Å². The molecule has 0 rings (SSSR count). The second-order valence-electron chi connectivity index (χ2n) is 20.2. The van der Waals surface area contributed by atoms with Gasteiger partial charge in [-0.25, -0.2) is 0 Å². The summed E-state index contributed by atoms with van der Waals surface area (Å²) in [6.07, 6.45) is 73.5. The Labute approximate surface area is 434 Å². The van der Waals surface area contributed by atoms with Crippen LogP contribution in [0.15, 0.2) is 60.8 Å². The molecule has 1 atom stereocenters. The van der Waals surface area contributed by atoms with Crippen molar-refractivity contribution in [2.75, 3.05) is 13.2 Å². The van der Waals surface area contributed by atoms with Crippen molar-refractivity contribution in [1.29, 1.82) is 0 Å². The van der Waals surface area contributed by atoms with Crippen LogP contribution in [0.3, 0.4) is 0 Å². The number of esters is 3. The molecule has 0 bridgehead atoms. The third kappa shape index (κ3) is 56.0. The Morgan fingerprint density at radius 2 is 0.557 bits per heavy atom. The number of allylic oxidation sites excluding steroid dienone is 10. The van der Waals surface area contributed by atoms with Gasteiger partial charge in [-0.15, -0.1) is 0 Å². The molecule has 0 spiro atoms. The summed E-state index contributed by atoms with van der Waals surface area (Å²) in [5, 5.41) is 0. The number of ether oxygens (including phenoxy) is 3. The zero-order chi connectivity index (χ0) is 50.7. The van der Waals surface area contributed by atoms with Crippen molar-refractivity contribution in [1.82, 2.24) is 0 Å². The molecule has 0 aliphatic carbocycles. The van der Waals surface area contributed by atoms with Crippen LogP contribution >= 0.6 is 0 Å². The Morgan fingerprint density at radius 1 is 0.300 bits per heavy atom. The van der Waals surface area contributed by atoms with E-state index in [2.05, 4.69) is 81.5 Å². The van der Waals surface area contributed by atoms with Gasteiger partial charge in [-0.1, -0.05) is 268 Å². The van der Waals surface area contributed by atoms with Crippen molar-refractivity contribution in [3.63, 3.8) is 0 Å². The molecule has 0 aromatic rings. The molecule has 0 fully saturated rings. The first-order valence-electron chi connectivity index (χ1n) is 30.3. The Balaban J connectivity index is 4.38. The Hall–Kier alpha value is -2.89. The maximum absolute atomic E-state index is 12.9. The van der Waals surface area contributed by atoms with E-state index < -0.39 is 6.10 Å². The summed E-state index contributed by atoms with van der Waals surface area (Å²) in [6, 6.07) is 0. The van der Waals surface area contributed by atoms with E-state index >= 15 is 0 Å². The number of carbonyl (C=O) groups is 3. The summed E-state index contributed by atoms with van der Waals surface area (Å²) in [5.74, 6) is -0.880. The summed E-state index contributed by atoms with van der Waals surface area (Å²) in [6.45, 7) is 6.54. The van der Waals surface area contributed by atoms with E-state index in [1.807, 2.05) is 0 Å². The molecule has 0 aromatic carbocycles. The van der Waals surface area contributed by atoms with Gasteiger partial charge in [0.15, 0.2) is 6.10 Å². The summed E-state index contributed by atoms with van der Waals surface area (Å²) in [7, 11) is 0. The molecular formula is C64H114O6. The quantitative estimate of drug-likeness (QED) is 0.0261. The van der Waals surface area contributed by atoms with Gasteiger partial charge in [0.25, 0.3) is 0 Å². The third-order valence-corrected chi connectivity index (χ3v) is 13.3. The normalized spacial score (nSPS) is 12.4. The highest BCUT2D eigenvalue weighted by Gasteiger charge is 2.19. The average Bonchev–Trinajstić information content (AvgIpc) is 3.36. The van der Waals surface area contributed by atoms with E-state index in [4.69, 9.17) is 14.2 Å². The number of unbranched alkanes of at least 4 members (excludes halogenated alkanes) is 34. The maximum Gasteiger partial charge on any atom is 0.306 e. The minimum atomic E-state index is -0.782. The zero-order valence-electron chi connectivity index (χ0n) is 46.5. The van der Waals surface area contributed by atoms with Crippen LogP contribution in [-0.2, 0) is 28.6 Å². The monoisotopic (exact) mass is 979 g/mol. The average molecular weight is 980 g/mol. The highest BCUT2D eigenvalue weighted by Crippen LogP contribution is 2.16. The van der Waals surface area contributed by atoms with Crippen LogP contribution < -0.4 is 0 Å². The molecule has 0 amide bonds. The number of carbonyl (C=O) groups excluding carboxylic acids is 3. The summed E-state index contributed by atoms with van der Waals surface area (Å²) in [4.78, 5) is 38.3. The first-order valence-corrected chi connectivity index (χ1v) is 30.3. The smallest absolute Gasteiger partial charge is 0.306 e. The van der Waals surface area contributed by atoms with Crippen molar-refractivity contribution >= 4 is 17.9 Å². The van der Waals surface area contributed by atoms with Gasteiger partial charge in [0.05, 0.1) is 0 Å². The molecule has 70 heavy (non-hydrogen) atoms. The van der Waals surface area contributed by atoms with Crippen LogP contribution in [0, 0.1) is 0 Å². The Kier molecular flexibility index (Phi) is 56.3. The lowest BCUT2D eigenvalue weighted by Crippen LogP contribution is -2.30. The molecule has 0 radical (unpaired) electrons. The van der Waals surface area contributed by atoms with E-state index in [0.717, 1.165) is 96.3 Å². The lowest BCUT2D eigenvalue weighted by Gasteiger charge is -2.18. The fraction of sp³-hybridized carbons (Fsp3) is 0.797. The van der Waals surface area contributed by atoms with Crippen LogP contribution in [-0.4, -0.2) is 37.2 Å². The van der Waals surface area contributed by atoms with Gasteiger partial charge in [-0.3, -0.25) is 14.4 Å². The zero-order valence-corrected chi connectivity index (χ0v) is 46.5. The predicted octanol–water partition coefficient (Wildman–Crippen LogP) is 20.4. The van der Waals surface area contributed by atoms with E-state index in [1.165, 1.54) is 173 Å². The van der Waals surface area contributed by atoms with Crippen molar-refractivity contribution in [2.45, 2.75) is 316 Å². The minimum absolute atomic E-state index is 0.0780. The largest absolute Gasteiger partial charge is 0.462 e. The van der Waals surface area contributed by atoms with E-state index in [-0.39, 0.29) is 31.1 Å². The Bertz CT molecular complexity index is 1260. The van der Waals surface area contributed by atoms with Gasteiger partial charge >= 0.3 is 17.9 Å². The first kappa shape index (κ1) is 67.1. The molecule has 0 saturated carbocycles. The van der Waals surface area contributed by atoms with E-state index in [9.17, 15) is 14.4 Å². The number of hydrogen-bond donors (Lipinski definition) is 0. The molecule has 0 N–H and O–H groups in total. The highest BCUT2D eigenvalue weighted by atomic mass is 16.6. The fourth-order valence-corrected chi connectivity index (χ4v) is 8.72. The number of rotatable bonds is 55. The SMILES string of the molecule is CC/C=C\C/C=C\C/C=C\CCCCCCCCCC(=O)OC(COC(=O)CCCCCCCCC/C=C\C/C=C\CCCCCC)COC(=O)CCCCCCCCCCCCCCCCCCC. The van der Waals surface area contributed by atoms with Crippen LogP contribution in [0.2, 0.25) is 0 Å². The maximum atomic E-state index is 12.9. The van der Waals surface area contributed by atoms with Gasteiger partial charge in [-0.2, -0.15) is 0 Å². The van der Waals surface area contributed by atoms with Gasteiger partial charge in [0, 0.05) is 19.3 Å². The molecule has 6 heteroatoms. The lowest BCUT2D eigenvalue weighted by molar-refractivity contribution is -0.167.